The molecule has 0 aromatic carbocycles. The summed E-state index contributed by atoms with van der Waals surface area (Å²) in [5.74, 6) is 0.844. The second-order valence-corrected chi connectivity index (χ2v) is 5.94. The van der Waals surface area contributed by atoms with Crippen LogP contribution < -0.4 is 11.1 Å². The van der Waals surface area contributed by atoms with E-state index in [1.165, 1.54) is 0 Å². The highest BCUT2D eigenvalue weighted by Crippen LogP contribution is 2.15. The summed E-state index contributed by atoms with van der Waals surface area (Å²) in [5.41, 5.74) is 5.71. The van der Waals surface area contributed by atoms with Gasteiger partial charge in [0, 0.05) is 18.6 Å². The molecule has 1 aliphatic heterocycles. The normalized spacial score (nSPS) is 22.4. The quantitative estimate of drug-likeness (QED) is 0.722. The lowest BCUT2D eigenvalue weighted by molar-refractivity contribution is -0.123. The molecule has 0 bridgehead atoms. The summed E-state index contributed by atoms with van der Waals surface area (Å²) >= 11 is 0. The first-order valence-corrected chi connectivity index (χ1v) is 7.26. The molecule has 4 nitrogen and oxygen atoms in total. The van der Waals surface area contributed by atoms with Crippen LogP contribution in [-0.2, 0) is 4.79 Å². The van der Waals surface area contributed by atoms with Gasteiger partial charge in [0.2, 0.25) is 5.91 Å². The Morgan fingerprint density at radius 3 is 2.72 bits per heavy atom. The maximum Gasteiger partial charge on any atom is 0.234 e. The van der Waals surface area contributed by atoms with Gasteiger partial charge in [0.25, 0.3) is 0 Å². The minimum Gasteiger partial charge on any atom is -0.353 e. The first-order valence-electron chi connectivity index (χ1n) is 7.26. The van der Waals surface area contributed by atoms with E-state index < -0.39 is 0 Å². The SMILES string of the molecule is CC(C)CCC(C)NC(=O)CN1CCCC1CN. The molecule has 4 heteroatoms. The van der Waals surface area contributed by atoms with Crippen molar-refractivity contribution in [2.24, 2.45) is 11.7 Å². The summed E-state index contributed by atoms with van der Waals surface area (Å²) in [4.78, 5) is 14.1. The summed E-state index contributed by atoms with van der Waals surface area (Å²) in [6.07, 6.45) is 4.52. The topological polar surface area (TPSA) is 58.4 Å². The van der Waals surface area contributed by atoms with Gasteiger partial charge in [0.1, 0.15) is 0 Å². The molecule has 2 unspecified atom stereocenters. The number of nitrogens with zero attached hydrogens (tertiary/aromatic N) is 1. The predicted octanol–water partition coefficient (Wildman–Crippen LogP) is 1.35. The second kappa shape index (κ2) is 7.74. The predicted molar refractivity (Wildman–Crippen MR) is 75.3 cm³/mol. The van der Waals surface area contributed by atoms with E-state index in [4.69, 9.17) is 5.73 Å². The van der Waals surface area contributed by atoms with Crippen molar-refractivity contribution >= 4 is 5.91 Å². The number of carbonyl (C=O) groups is 1. The van der Waals surface area contributed by atoms with Gasteiger partial charge in [0.05, 0.1) is 6.54 Å². The van der Waals surface area contributed by atoms with Crippen molar-refractivity contribution in [1.29, 1.82) is 0 Å². The number of carbonyl (C=O) groups excluding carboxylic acids is 1. The number of nitrogens with two attached hydrogens (primary N) is 1. The van der Waals surface area contributed by atoms with Crippen molar-refractivity contribution in [3.8, 4) is 0 Å². The Morgan fingerprint density at radius 2 is 2.11 bits per heavy atom. The van der Waals surface area contributed by atoms with Crippen LogP contribution in [0.2, 0.25) is 0 Å². The molecule has 2 atom stereocenters. The molecule has 18 heavy (non-hydrogen) atoms. The van der Waals surface area contributed by atoms with Crippen molar-refractivity contribution in [3.05, 3.63) is 0 Å². The van der Waals surface area contributed by atoms with Crippen LogP contribution in [0.1, 0.15) is 46.5 Å². The van der Waals surface area contributed by atoms with E-state index in [1.807, 2.05) is 0 Å². The van der Waals surface area contributed by atoms with Crippen LogP contribution in [0, 0.1) is 5.92 Å². The van der Waals surface area contributed by atoms with E-state index in [0.717, 1.165) is 32.2 Å². The molecule has 0 saturated carbocycles. The van der Waals surface area contributed by atoms with Gasteiger partial charge in [-0.15, -0.1) is 0 Å². The molecule has 106 valence electrons. The van der Waals surface area contributed by atoms with Crippen LogP contribution in [0.15, 0.2) is 0 Å². The highest BCUT2D eigenvalue weighted by atomic mass is 16.2. The number of hydrogen-bond donors (Lipinski definition) is 2. The fourth-order valence-corrected chi connectivity index (χ4v) is 2.53. The van der Waals surface area contributed by atoms with Gasteiger partial charge in [-0.05, 0) is 45.1 Å². The zero-order valence-corrected chi connectivity index (χ0v) is 12.1. The molecule has 0 aromatic rings. The Labute approximate surface area is 111 Å². The van der Waals surface area contributed by atoms with Gasteiger partial charge in [-0.25, -0.2) is 0 Å². The molecule has 1 amide bonds. The average molecular weight is 255 g/mol. The third-order valence-electron chi connectivity index (χ3n) is 3.70. The maximum absolute atomic E-state index is 11.9. The Kier molecular flexibility index (Phi) is 6.65. The average Bonchev–Trinajstić information content (AvgIpc) is 2.73. The fraction of sp³-hybridized carbons (Fsp3) is 0.929. The van der Waals surface area contributed by atoms with Gasteiger partial charge in [-0.1, -0.05) is 13.8 Å². The second-order valence-electron chi connectivity index (χ2n) is 5.94. The zero-order valence-electron chi connectivity index (χ0n) is 12.1. The summed E-state index contributed by atoms with van der Waals surface area (Å²) in [6.45, 7) is 8.69. The standard InChI is InChI=1S/C14H29N3O/c1-11(2)6-7-12(3)16-14(18)10-17-8-4-5-13(17)9-15/h11-13H,4-10,15H2,1-3H3,(H,16,18). The number of rotatable bonds is 7. The first kappa shape index (κ1) is 15.4. The number of hydrogen-bond acceptors (Lipinski definition) is 3. The third kappa shape index (κ3) is 5.36. The molecule has 1 aliphatic rings. The highest BCUT2D eigenvalue weighted by Gasteiger charge is 2.25. The molecule has 3 N–H and O–H groups in total. The molecule has 1 saturated heterocycles. The minimum absolute atomic E-state index is 0.145. The molecule has 0 radical (unpaired) electrons. The van der Waals surface area contributed by atoms with Crippen LogP contribution in [0.4, 0.5) is 0 Å². The lowest BCUT2D eigenvalue weighted by Gasteiger charge is -2.23. The summed E-state index contributed by atoms with van der Waals surface area (Å²) in [5, 5.41) is 3.09. The summed E-state index contributed by atoms with van der Waals surface area (Å²) in [7, 11) is 0. The Hall–Kier alpha value is -0.610. The van der Waals surface area contributed by atoms with Crippen LogP contribution in [0.25, 0.3) is 0 Å². The van der Waals surface area contributed by atoms with Gasteiger partial charge in [-0.3, -0.25) is 9.69 Å². The Morgan fingerprint density at radius 1 is 1.39 bits per heavy atom. The lowest BCUT2D eigenvalue weighted by atomic mass is 10.0. The molecule has 0 aromatic heterocycles. The third-order valence-corrected chi connectivity index (χ3v) is 3.70. The van der Waals surface area contributed by atoms with Gasteiger partial charge >= 0.3 is 0 Å². The molecule has 1 fully saturated rings. The van der Waals surface area contributed by atoms with E-state index in [1.54, 1.807) is 0 Å². The van der Waals surface area contributed by atoms with Crippen molar-refractivity contribution < 1.29 is 4.79 Å². The lowest BCUT2D eigenvalue weighted by Crippen LogP contribution is -2.44. The van der Waals surface area contributed by atoms with Crippen molar-refractivity contribution in [3.63, 3.8) is 0 Å². The summed E-state index contributed by atoms with van der Waals surface area (Å²) in [6, 6.07) is 0.681. The van der Waals surface area contributed by atoms with Crippen LogP contribution >= 0.6 is 0 Å². The van der Waals surface area contributed by atoms with Gasteiger partial charge < -0.3 is 11.1 Å². The molecular weight excluding hydrogens is 226 g/mol. The Bertz CT molecular complexity index is 255. The first-order chi connectivity index (χ1) is 8.52. The van der Waals surface area contributed by atoms with E-state index >= 15 is 0 Å². The molecular formula is C14H29N3O. The van der Waals surface area contributed by atoms with E-state index in [2.05, 4.69) is 31.0 Å². The highest BCUT2D eigenvalue weighted by molar-refractivity contribution is 5.78. The number of likely N-dealkylation sites (tertiary alicyclic amines) is 1. The maximum atomic E-state index is 11.9. The van der Waals surface area contributed by atoms with Crippen LogP contribution in [0.5, 0.6) is 0 Å². The van der Waals surface area contributed by atoms with E-state index in [0.29, 0.717) is 25.0 Å². The smallest absolute Gasteiger partial charge is 0.234 e. The molecule has 0 aliphatic carbocycles. The largest absolute Gasteiger partial charge is 0.353 e. The van der Waals surface area contributed by atoms with Crippen molar-refractivity contribution in [1.82, 2.24) is 10.2 Å². The minimum atomic E-state index is 0.145. The van der Waals surface area contributed by atoms with Crippen molar-refractivity contribution in [2.75, 3.05) is 19.6 Å². The van der Waals surface area contributed by atoms with Gasteiger partial charge in [0.15, 0.2) is 0 Å². The fourth-order valence-electron chi connectivity index (χ4n) is 2.53. The van der Waals surface area contributed by atoms with E-state index in [9.17, 15) is 4.79 Å². The van der Waals surface area contributed by atoms with Crippen LogP contribution in [-0.4, -0.2) is 42.5 Å². The monoisotopic (exact) mass is 255 g/mol. The molecule has 1 rings (SSSR count). The number of amides is 1. The summed E-state index contributed by atoms with van der Waals surface area (Å²) < 4.78 is 0. The zero-order chi connectivity index (χ0) is 13.5. The van der Waals surface area contributed by atoms with Gasteiger partial charge in [-0.2, -0.15) is 0 Å². The van der Waals surface area contributed by atoms with Crippen molar-refractivity contribution in [2.45, 2.75) is 58.5 Å². The Balaban J connectivity index is 2.24. The van der Waals surface area contributed by atoms with E-state index in [-0.39, 0.29) is 11.9 Å². The molecule has 0 spiro atoms. The number of nitrogens with one attached hydrogen (secondary N) is 1. The molecule has 1 heterocycles. The van der Waals surface area contributed by atoms with Crippen LogP contribution in [0.3, 0.4) is 0 Å².